The average Bonchev–Trinajstić information content (AvgIpc) is 2.79. The summed E-state index contributed by atoms with van der Waals surface area (Å²) in [4.78, 5) is 14.0. The largest absolute Gasteiger partial charge is 0.399 e. The Hall–Kier alpha value is -1.30. The van der Waals surface area contributed by atoms with Crippen molar-refractivity contribution in [2.75, 3.05) is 30.7 Å². The van der Waals surface area contributed by atoms with E-state index in [1.807, 2.05) is 0 Å². The standard InChI is InChI=1S/C14H20ClN3O2/c15-12-8-10(16)3-4-13(12)17-14(20)2-1-6-18-7-5-11(19)9-18/h3-4,8,11,19H,1-2,5-7,9,16H2,(H,17,20). The maximum atomic E-state index is 11.8. The quantitative estimate of drug-likeness (QED) is 0.723. The Balaban J connectivity index is 1.72. The van der Waals surface area contributed by atoms with Crippen LogP contribution in [0.5, 0.6) is 0 Å². The molecule has 1 aliphatic heterocycles. The second-order valence-electron chi connectivity index (χ2n) is 5.13. The lowest BCUT2D eigenvalue weighted by molar-refractivity contribution is -0.116. The number of hydrogen-bond donors (Lipinski definition) is 3. The number of hydrogen-bond acceptors (Lipinski definition) is 4. The van der Waals surface area contributed by atoms with Crippen molar-refractivity contribution in [3.05, 3.63) is 23.2 Å². The highest BCUT2D eigenvalue weighted by molar-refractivity contribution is 6.34. The number of benzene rings is 1. The number of nitrogens with zero attached hydrogens (tertiary/aromatic N) is 1. The second kappa shape index (κ2) is 6.92. The lowest BCUT2D eigenvalue weighted by atomic mass is 10.2. The number of nitrogen functional groups attached to an aromatic ring is 1. The summed E-state index contributed by atoms with van der Waals surface area (Å²) in [6.45, 7) is 2.46. The van der Waals surface area contributed by atoms with Crippen LogP contribution in [0.25, 0.3) is 0 Å². The molecule has 4 N–H and O–H groups in total. The van der Waals surface area contributed by atoms with E-state index in [4.69, 9.17) is 17.3 Å². The zero-order chi connectivity index (χ0) is 14.5. The van der Waals surface area contributed by atoms with Crippen molar-refractivity contribution < 1.29 is 9.90 Å². The van der Waals surface area contributed by atoms with Crippen molar-refractivity contribution >= 4 is 28.9 Å². The Morgan fingerprint density at radius 3 is 3.00 bits per heavy atom. The van der Waals surface area contributed by atoms with E-state index in [-0.39, 0.29) is 12.0 Å². The van der Waals surface area contributed by atoms with Crippen molar-refractivity contribution in [3.8, 4) is 0 Å². The van der Waals surface area contributed by atoms with E-state index in [1.165, 1.54) is 0 Å². The van der Waals surface area contributed by atoms with Crippen molar-refractivity contribution in [2.45, 2.75) is 25.4 Å². The summed E-state index contributed by atoms with van der Waals surface area (Å²) in [7, 11) is 0. The predicted molar refractivity (Wildman–Crippen MR) is 80.8 cm³/mol. The highest BCUT2D eigenvalue weighted by Crippen LogP contribution is 2.24. The van der Waals surface area contributed by atoms with E-state index >= 15 is 0 Å². The molecule has 0 spiro atoms. The zero-order valence-corrected chi connectivity index (χ0v) is 12.1. The van der Waals surface area contributed by atoms with Crippen LogP contribution in [0.4, 0.5) is 11.4 Å². The van der Waals surface area contributed by atoms with Gasteiger partial charge in [0.05, 0.1) is 16.8 Å². The van der Waals surface area contributed by atoms with Crippen LogP contribution in [0.2, 0.25) is 5.02 Å². The van der Waals surface area contributed by atoms with Crippen molar-refractivity contribution in [1.29, 1.82) is 0 Å². The van der Waals surface area contributed by atoms with Gasteiger partial charge in [0.1, 0.15) is 0 Å². The third kappa shape index (κ3) is 4.37. The Morgan fingerprint density at radius 1 is 1.55 bits per heavy atom. The minimum Gasteiger partial charge on any atom is -0.399 e. The summed E-state index contributed by atoms with van der Waals surface area (Å²) in [5, 5.41) is 12.6. The molecule has 1 fully saturated rings. The highest BCUT2D eigenvalue weighted by Gasteiger charge is 2.19. The number of β-amino-alcohol motifs (C(OH)–C–C–N with tert-alkyl or cyclic N) is 1. The van der Waals surface area contributed by atoms with Gasteiger partial charge in [-0.3, -0.25) is 4.79 Å². The first-order chi connectivity index (χ1) is 9.54. The van der Waals surface area contributed by atoms with E-state index in [9.17, 15) is 9.90 Å². The zero-order valence-electron chi connectivity index (χ0n) is 11.3. The van der Waals surface area contributed by atoms with Crippen LogP contribution in [0, 0.1) is 0 Å². The molecule has 1 aromatic rings. The molecule has 0 saturated carbocycles. The number of rotatable bonds is 5. The molecule has 0 radical (unpaired) electrons. The molecule has 20 heavy (non-hydrogen) atoms. The van der Waals surface area contributed by atoms with Crippen molar-refractivity contribution in [3.63, 3.8) is 0 Å². The van der Waals surface area contributed by atoms with Gasteiger partial charge in [-0.2, -0.15) is 0 Å². The van der Waals surface area contributed by atoms with E-state index in [0.717, 1.165) is 25.9 Å². The number of likely N-dealkylation sites (tertiary alicyclic amines) is 1. The molecule has 5 nitrogen and oxygen atoms in total. The molecule has 1 aliphatic rings. The molecule has 1 atom stereocenters. The summed E-state index contributed by atoms with van der Waals surface area (Å²) in [5.74, 6) is -0.0589. The molecule has 0 aromatic heterocycles. The number of anilines is 2. The fourth-order valence-corrected chi connectivity index (χ4v) is 2.56. The lowest BCUT2D eigenvalue weighted by Gasteiger charge is -2.14. The fraction of sp³-hybridized carbons (Fsp3) is 0.500. The molecule has 2 rings (SSSR count). The van der Waals surface area contributed by atoms with Gasteiger partial charge >= 0.3 is 0 Å². The molecule has 6 heteroatoms. The molecule has 110 valence electrons. The van der Waals surface area contributed by atoms with Crippen LogP contribution < -0.4 is 11.1 Å². The van der Waals surface area contributed by atoms with E-state index in [2.05, 4.69) is 10.2 Å². The second-order valence-corrected chi connectivity index (χ2v) is 5.54. The molecule has 1 unspecified atom stereocenters. The van der Waals surface area contributed by atoms with E-state index in [1.54, 1.807) is 18.2 Å². The van der Waals surface area contributed by atoms with E-state index in [0.29, 0.717) is 29.4 Å². The first kappa shape index (κ1) is 15.1. The molecule has 0 aliphatic carbocycles. The molecular weight excluding hydrogens is 278 g/mol. The van der Waals surface area contributed by atoms with Crippen LogP contribution in [-0.4, -0.2) is 41.7 Å². The monoisotopic (exact) mass is 297 g/mol. The number of carbonyl (C=O) groups is 1. The maximum absolute atomic E-state index is 11.8. The third-order valence-corrected chi connectivity index (χ3v) is 3.71. The topological polar surface area (TPSA) is 78.6 Å². The number of nitrogens with one attached hydrogen (secondary N) is 1. The smallest absolute Gasteiger partial charge is 0.224 e. The number of carbonyl (C=O) groups excluding carboxylic acids is 1. The Labute approximate surface area is 123 Å². The maximum Gasteiger partial charge on any atom is 0.224 e. The van der Waals surface area contributed by atoms with Crippen molar-refractivity contribution in [1.82, 2.24) is 4.90 Å². The van der Waals surface area contributed by atoms with Gasteiger partial charge in [-0.05, 0) is 37.6 Å². The number of amides is 1. The Kier molecular flexibility index (Phi) is 5.23. The van der Waals surface area contributed by atoms with Crippen LogP contribution in [0.15, 0.2) is 18.2 Å². The van der Waals surface area contributed by atoms with Gasteiger partial charge < -0.3 is 21.1 Å². The number of aliphatic hydroxyl groups excluding tert-OH is 1. The summed E-state index contributed by atoms with van der Waals surface area (Å²) >= 11 is 6.00. The summed E-state index contributed by atoms with van der Waals surface area (Å²) in [6.07, 6.45) is 1.82. The first-order valence-electron chi connectivity index (χ1n) is 6.80. The molecule has 1 amide bonds. The molecule has 0 bridgehead atoms. The number of halogens is 1. The number of nitrogens with two attached hydrogens (primary N) is 1. The Morgan fingerprint density at radius 2 is 2.35 bits per heavy atom. The molecule has 1 aromatic carbocycles. The van der Waals surface area contributed by atoms with E-state index < -0.39 is 0 Å². The molecule has 1 saturated heterocycles. The summed E-state index contributed by atoms with van der Waals surface area (Å²) in [5.41, 5.74) is 6.75. The van der Waals surface area contributed by atoms with Crippen LogP contribution in [-0.2, 0) is 4.79 Å². The van der Waals surface area contributed by atoms with Gasteiger partial charge in [0.25, 0.3) is 0 Å². The first-order valence-corrected chi connectivity index (χ1v) is 7.17. The molecule has 1 heterocycles. The van der Waals surface area contributed by atoms with Gasteiger partial charge in [-0.1, -0.05) is 11.6 Å². The van der Waals surface area contributed by atoms with Gasteiger partial charge in [0.15, 0.2) is 0 Å². The molecular formula is C14H20ClN3O2. The number of aliphatic hydroxyl groups is 1. The van der Waals surface area contributed by atoms with Crippen LogP contribution >= 0.6 is 11.6 Å². The Bertz CT molecular complexity index is 481. The minimum absolute atomic E-state index is 0.0589. The normalized spacial score (nSPS) is 19.2. The summed E-state index contributed by atoms with van der Waals surface area (Å²) < 4.78 is 0. The highest BCUT2D eigenvalue weighted by atomic mass is 35.5. The van der Waals surface area contributed by atoms with Crippen molar-refractivity contribution in [2.24, 2.45) is 0 Å². The van der Waals surface area contributed by atoms with Gasteiger partial charge in [-0.25, -0.2) is 0 Å². The minimum atomic E-state index is -0.211. The van der Waals surface area contributed by atoms with Gasteiger partial charge in [0, 0.05) is 25.2 Å². The van der Waals surface area contributed by atoms with Gasteiger partial charge in [0.2, 0.25) is 5.91 Å². The van der Waals surface area contributed by atoms with Crippen LogP contribution in [0.3, 0.4) is 0 Å². The van der Waals surface area contributed by atoms with Crippen LogP contribution in [0.1, 0.15) is 19.3 Å². The predicted octanol–water partition coefficient (Wildman–Crippen LogP) is 1.71. The SMILES string of the molecule is Nc1ccc(NC(=O)CCCN2CCC(O)C2)c(Cl)c1. The fourth-order valence-electron chi connectivity index (χ4n) is 2.32. The summed E-state index contributed by atoms with van der Waals surface area (Å²) in [6, 6.07) is 5.02. The average molecular weight is 298 g/mol. The third-order valence-electron chi connectivity index (χ3n) is 3.39. The lowest BCUT2D eigenvalue weighted by Crippen LogP contribution is -2.24. The van der Waals surface area contributed by atoms with Gasteiger partial charge in [-0.15, -0.1) is 0 Å².